The van der Waals surface area contributed by atoms with Crippen LogP contribution >= 0.6 is 0 Å². The Morgan fingerprint density at radius 2 is 2.08 bits per heavy atom. The largest absolute Gasteiger partial charge is 0.385 e. The first-order valence-electron chi connectivity index (χ1n) is 9.24. The van der Waals surface area contributed by atoms with E-state index in [0.29, 0.717) is 19.4 Å². The number of aromatic nitrogens is 1. The minimum absolute atomic E-state index is 0.230. The molecule has 0 bridgehead atoms. The van der Waals surface area contributed by atoms with Crippen molar-refractivity contribution in [3.63, 3.8) is 0 Å². The Kier molecular flexibility index (Phi) is 6.29. The Morgan fingerprint density at radius 3 is 2.85 bits per heavy atom. The van der Waals surface area contributed by atoms with E-state index in [9.17, 15) is 4.79 Å². The minimum Gasteiger partial charge on any atom is -0.385 e. The molecule has 1 aromatic heterocycles. The summed E-state index contributed by atoms with van der Waals surface area (Å²) in [6.45, 7) is 3.54. The zero-order chi connectivity index (χ0) is 18.4. The first kappa shape index (κ1) is 18.5. The average molecular weight is 350 g/mol. The SMILES string of the molecule is COCCCC1=NCc2cc(CC(=O)C[C@H](C)c3ccccc3)ncc21. The molecule has 1 aliphatic heterocycles. The number of hydrogen-bond acceptors (Lipinski definition) is 4. The fraction of sp³-hybridized carbons (Fsp3) is 0.409. The second-order valence-electron chi connectivity index (χ2n) is 6.92. The van der Waals surface area contributed by atoms with Crippen molar-refractivity contribution in [2.75, 3.05) is 13.7 Å². The van der Waals surface area contributed by atoms with Gasteiger partial charge in [-0.1, -0.05) is 37.3 Å². The first-order valence-corrected chi connectivity index (χ1v) is 9.24. The third-order valence-electron chi connectivity index (χ3n) is 4.84. The lowest BCUT2D eigenvalue weighted by atomic mass is 9.94. The number of hydrogen-bond donors (Lipinski definition) is 0. The summed E-state index contributed by atoms with van der Waals surface area (Å²) in [5.41, 5.74) is 5.49. The molecule has 2 aromatic rings. The van der Waals surface area contributed by atoms with Crippen LogP contribution in [0.4, 0.5) is 0 Å². The van der Waals surface area contributed by atoms with Crippen LogP contribution in [-0.4, -0.2) is 30.2 Å². The lowest BCUT2D eigenvalue weighted by molar-refractivity contribution is -0.118. The van der Waals surface area contributed by atoms with Gasteiger partial charge in [-0.15, -0.1) is 0 Å². The Balaban J connectivity index is 1.57. The lowest BCUT2D eigenvalue weighted by Crippen LogP contribution is -2.10. The smallest absolute Gasteiger partial charge is 0.139 e. The van der Waals surface area contributed by atoms with Crippen LogP contribution in [0.15, 0.2) is 47.6 Å². The molecule has 136 valence electrons. The molecule has 0 saturated heterocycles. The number of methoxy groups -OCH3 is 1. The summed E-state index contributed by atoms with van der Waals surface area (Å²) in [6.07, 6.45) is 4.70. The molecule has 0 amide bonds. The Labute approximate surface area is 155 Å². The average Bonchev–Trinajstić information content (AvgIpc) is 3.05. The van der Waals surface area contributed by atoms with E-state index in [1.54, 1.807) is 7.11 Å². The first-order chi connectivity index (χ1) is 12.7. The highest BCUT2D eigenvalue weighted by Crippen LogP contribution is 2.23. The lowest BCUT2D eigenvalue weighted by Gasteiger charge is -2.11. The summed E-state index contributed by atoms with van der Waals surface area (Å²) in [4.78, 5) is 21.6. The second kappa shape index (κ2) is 8.86. The molecule has 0 fully saturated rings. The molecule has 0 spiro atoms. The van der Waals surface area contributed by atoms with Crippen molar-refractivity contribution in [1.82, 2.24) is 4.98 Å². The van der Waals surface area contributed by atoms with Crippen LogP contribution in [0.3, 0.4) is 0 Å². The predicted molar refractivity (Wildman–Crippen MR) is 104 cm³/mol. The number of nitrogens with zero attached hydrogens (tertiary/aromatic N) is 2. The maximum Gasteiger partial charge on any atom is 0.139 e. The van der Waals surface area contributed by atoms with Gasteiger partial charge in [0.05, 0.1) is 6.54 Å². The van der Waals surface area contributed by atoms with Crippen molar-refractivity contribution in [2.24, 2.45) is 4.99 Å². The van der Waals surface area contributed by atoms with Crippen LogP contribution in [0.25, 0.3) is 0 Å². The number of fused-ring (bicyclic) bond motifs is 1. The summed E-state index contributed by atoms with van der Waals surface area (Å²) in [5.74, 6) is 0.460. The normalized spacial score (nSPS) is 14.0. The molecule has 26 heavy (non-hydrogen) atoms. The van der Waals surface area contributed by atoms with Crippen molar-refractivity contribution >= 4 is 11.5 Å². The van der Waals surface area contributed by atoms with E-state index in [1.165, 1.54) is 11.1 Å². The van der Waals surface area contributed by atoms with Crippen LogP contribution in [0, 0.1) is 0 Å². The molecular weight excluding hydrogens is 324 g/mol. The highest BCUT2D eigenvalue weighted by Gasteiger charge is 2.18. The molecule has 0 N–H and O–H groups in total. The number of rotatable bonds is 9. The summed E-state index contributed by atoms with van der Waals surface area (Å²) in [7, 11) is 1.72. The minimum atomic E-state index is 0.230. The Bertz CT molecular complexity index is 784. The summed E-state index contributed by atoms with van der Waals surface area (Å²) in [5, 5.41) is 0. The maximum atomic E-state index is 12.5. The third-order valence-corrected chi connectivity index (χ3v) is 4.84. The quantitative estimate of drug-likeness (QED) is 0.639. The number of carbonyl (C=O) groups excluding carboxylic acids is 1. The molecular formula is C22H26N2O2. The summed E-state index contributed by atoms with van der Waals surface area (Å²) < 4.78 is 5.11. The monoisotopic (exact) mass is 350 g/mol. The molecule has 0 aliphatic carbocycles. The van der Waals surface area contributed by atoms with Gasteiger partial charge in [-0.25, -0.2) is 0 Å². The number of carbonyl (C=O) groups is 1. The molecule has 2 heterocycles. The van der Waals surface area contributed by atoms with Crippen LogP contribution < -0.4 is 0 Å². The van der Waals surface area contributed by atoms with Gasteiger partial charge < -0.3 is 4.74 Å². The van der Waals surface area contributed by atoms with Crippen molar-refractivity contribution in [3.05, 3.63) is 65.0 Å². The van der Waals surface area contributed by atoms with Gasteiger partial charge >= 0.3 is 0 Å². The van der Waals surface area contributed by atoms with E-state index in [1.807, 2.05) is 30.5 Å². The number of ether oxygens (including phenoxy) is 1. The van der Waals surface area contributed by atoms with Gasteiger partial charge in [0.15, 0.2) is 0 Å². The second-order valence-corrected chi connectivity index (χ2v) is 6.92. The van der Waals surface area contributed by atoms with Gasteiger partial charge in [0.1, 0.15) is 5.78 Å². The fourth-order valence-electron chi connectivity index (χ4n) is 3.41. The fourth-order valence-corrected chi connectivity index (χ4v) is 3.41. The van der Waals surface area contributed by atoms with Gasteiger partial charge in [-0.2, -0.15) is 0 Å². The molecule has 1 aliphatic rings. The van der Waals surface area contributed by atoms with Crippen molar-refractivity contribution in [3.8, 4) is 0 Å². The number of pyridine rings is 1. The van der Waals surface area contributed by atoms with E-state index >= 15 is 0 Å². The zero-order valence-corrected chi connectivity index (χ0v) is 15.6. The van der Waals surface area contributed by atoms with Crippen LogP contribution in [-0.2, 0) is 22.5 Å². The van der Waals surface area contributed by atoms with Crippen molar-refractivity contribution < 1.29 is 9.53 Å². The maximum absolute atomic E-state index is 12.5. The summed E-state index contributed by atoms with van der Waals surface area (Å²) >= 11 is 0. The number of benzene rings is 1. The zero-order valence-electron chi connectivity index (χ0n) is 15.6. The molecule has 0 radical (unpaired) electrons. The standard InChI is InChI=1S/C22H26N2O2/c1-16(17-7-4-3-5-8-17)11-20(25)13-19-12-18-14-24-22(9-6-10-26-2)21(18)15-23-19/h3-5,7-8,12,15-16H,6,9-11,13-14H2,1-2H3/t16-/m0/s1. The van der Waals surface area contributed by atoms with Crippen molar-refractivity contribution in [2.45, 2.75) is 45.1 Å². The topological polar surface area (TPSA) is 51.5 Å². The van der Waals surface area contributed by atoms with E-state index in [0.717, 1.165) is 36.4 Å². The number of aliphatic imine (C=N–C) groups is 1. The summed E-state index contributed by atoms with van der Waals surface area (Å²) in [6, 6.07) is 12.2. The number of Topliss-reactive ketones (excluding diaryl/α,β-unsaturated/α-hetero) is 1. The highest BCUT2D eigenvalue weighted by atomic mass is 16.5. The highest BCUT2D eigenvalue weighted by molar-refractivity contribution is 6.03. The molecule has 1 atom stereocenters. The van der Waals surface area contributed by atoms with Gasteiger partial charge in [0.2, 0.25) is 0 Å². The Morgan fingerprint density at radius 1 is 1.27 bits per heavy atom. The van der Waals surface area contributed by atoms with Crippen LogP contribution in [0.5, 0.6) is 0 Å². The molecule has 0 unspecified atom stereocenters. The molecule has 1 aromatic carbocycles. The van der Waals surface area contributed by atoms with Gasteiger partial charge in [0.25, 0.3) is 0 Å². The van der Waals surface area contributed by atoms with E-state index in [-0.39, 0.29) is 11.7 Å². The molecule has 4 nitrogen and oxygen atoms in total. The number of ketones is 1. The molecule has 4 heteroatoms. The Hall–Kier alpha value is -2.33. The van der Waals surface area contributed by atoms with Crippen molar-refractivity contribution in [1.29, 1.82) is 0 Å². The van der Waals surface area contributed by atoms with Gasteiger partial charge in [0, 0.05) is 49.7 Å². The van der Waals surface area contributed by atoms with E-state index in [2.05, 4.69) is 29.0 Å². The van der Waals surface area contributed by atoms with E-state index in [4.69, 9.17) is 4.74 Å². The van der Waals surface area contributed by atoms with Crippen LogP contribution in [0.2, 0.25) is 0 Å². The predicted octanol–water partition coefficient (Wildman–Crippen LogP) is 4.12. The van der Waals surface area contributed by atoms with E-state index < -0.39 is 0 Å². The van der Waals surface area contributed by atoms with Crippen LogP contribution in [0.1, 0.15) is 54.5 Å². The third kappa shape index (κ3) is 4.64. The molecule has 0 saturated carbocycles. The van der Waals surface area contributed by atoms with Gasteiger partial charge in [-0.05, 0) is 36.0 Å². The molecule has 3 rings (SSSR count). The van der Waals surface area contributed by atoms with Gasteiger partial charge in [-0.3, -0.25) is 14.8 Å².